The van der Waals surface area contributed by atoms with E-state index in [9.17, 15) is 4.79 Å². The van der Waals surface area contributed by atoms with E-state index in [2.05, 4.69) is 17.2 Å². The van der Waals surface area contributed by atoms with Gasteiger partial charge in [0.05, 0.1) is 12.7 Å². The number of allylic oxidation sites excluding steroid dienone is 3. The lowest BCUT2D eigenvalue weighted by atomic mass is 9.98. The van der Waals surface area contributed by atoms with Crippen molar-refractivity contribution in [1.29, 1.82) is 0 Å². The number of amides is 1. The summed E-state index contributed by atoms with van der Waals surface area (Å²) in [6.07, 6.45) is 16.6. The largest absolute Gasteiger partial charge is 0.374 e. The van der Waals surface area contributed by atoms with Crippen LogP contribution in [0.2, 0.25) is 0 Å². The van der Waals surface area contributed by atoms with Gasteiger partial charge in [-0.2, -0.15) is 0 Å². The van der Waals surface area contributed by atoms with Crippen LogP contribution in [0.5, 0.6) is 0 Å². The van der Waals surface area contributed by atoms with E-state index in [1.807, 2.05) is 25.3 Å². The van der Waals surface area contributed by atoms with Gasteiger partial charge in [0, 0.05) is 12.1 Å². The Morgan fingerprint density at radius 1 is 1.26 bits per heavy atom. The lowest BCUT2D eigenvalue weighted by Gasteiger charge is -2.21. The van der Waals surface area contributed by atoms with Crippen LogP contribution in [0.3, 0.4) is 0 Å². The van der Waals surface area contributed by atoms with Crippen molar-refractivity contribution in [3.63, 3.8) is 0 Å². The first kappa shape index (κ1) is 19.7. The smallest absolute Gasteiger partial charge is 0.224 e. The van der Waals surface area contributed by atoms with Crippen LogP contribution in [-0.4, -0.2) is 32.2 Å². The van der Waals surface area contributed by atoms with Crippen LogP contribution in [0, 0.1) is 0 Å². The Morgan fingerprint density at radius 3 is 2.74 bits per heavy atom. The minimum Gasteiger partial charge on any atom is -0.374 e. The molecule has 0 spiro atoms. The summed E-state index contributed by atoms with van der Waals surface area (Å²) in [6, 6.07) is 0. The van der Waals surface area contributed by atoms with Gasteiger partial charge in [-0.1, -0.05) is 38.0 Å². The summed E-state index contributed by atoms with van der Waals surface area (Å²) in [5, 5.41) is 5.95. The Hall–Kier alpha value is -1.39. The maximum absolute atomic E-state index is 11.8. The van der Waals surface area contributed by atoms with Gasteiger partial charge in [-0.05, 0) is 51.4 Å². The summed E-state index contributed by atoms with van der Waals surface area (Å²) >= 11 is 0. The van der Waals surface area contributed by atoms with Crippen molar-refractivity contribution in [1.82, 2.24) is 10.6 Å². The molecular weight excluding hydrogens is 288 g/mol. The molecule has 0 radical (unpaired) electrons. The zero-order valence-corrected chi connectivity index (χ0v) is 14.5. The van der Waals surface area contributed by atoms with Crippen molar-refractivity contribution in [2.75, 3.05) is 20.2 Å². The van der Waals surface area contributed by atoms with E-state index in [4.69, 9.17) is 4.74 Å². The first-order valence-electron chi connectivity index (χ1n) is 8.81. The van der Waals surface area contributed by atoms with Gasteiger partial charge in [0.2, 0.25) is 5.91 Å². The van der Waals surface area contributed by atoms with E-state index in [0.29, 0.717) is 19.1 Å². The first-order valence-corrected chi connectivity index (χ1v) is 8.81. The normalized spacial score (nSPS) is 16.7. The molecule has 1 rings (SSSR count). The molecule has 2 N–H and O–H groups in total. The zero-order valence-electron chi connectivity index (χ0n) is 14.5. The van der Waals surface area contributed by atoms with Crippen molar-refractivity contribution in [3.8, 4) is 0 Å². The minimum atomic E-state index is 0.0408. The average Bonchev–Trinajstić information content (AvgIpc) is 2.58. The van der Waals surface area contributed by atoms with E-state index in [1.54, 1.807) is 6.08 Å². The van der Waals surface area contributed by atoms with E-state index in [-0.39, 0.29) is 5.91 Å². The number of carbonyl (C=O) groups is 1. The monoisotopic (exact) mass is 320 g/mol. The molecule has 1 amide bonds. The molecule has 0 atom stereocenters. The third-order valence-electron chi connectivity index (χ3n) is 3.98. The van der Waals surface area contributed by atoms with Gasteiger partial charge < -0.3 is 15.4 Å². The second-order valence-corrected chi connectivity index (χ2v) is 5.96. The Morgan fingerprint density at radius 2 is 2.04 bits per heavy atom. The van der Waals surface area contributed by atoms with Crippen LogP contribution < -0.4 is 10.6 Å². The summed E-state index contributed by atoms with van der Waals surface area (Å²) in [5.41, 5.74) is 0.734. The number of nitrogens with one attached hydrogen (secondary N) is 2. The third-order valence-corrected chi connectivity index (χ3v) is 3.98. The maximum Gasteiger partial charge on any atom is 0.224 e. The minimum absolute atomic E-state index is 0.0408. The predicted molar refractivity (Wildman–Crippen MR) is 96.2 cm³/mol. The highest BCUT2D eigenvalue weighted by Gasteiger charge is 2.12. The van der Waals surface area contributed by atoms with Gasteiger partial charge in [-0.15, -0.1) is 0 Å². The topological polar surface area (TPSA) is 50.4 Å². The standard InChI is InChI=1S/C19H32N2O2/c1-3-17(21-19(22)14-7-9-15-20-2)11-8-10-16-23-18-12-5-4-6-13-18/h3,8,10-11,18,20H,1,4-7,9,12-16H2,2H3,(H,21,22)/b10-8-,17-11+. The van der Waals surface area contributed by atoms with Crippen molar-refractivity contribution in [2.45, 2.75) is 57.5 Å². The molecule has 23 heavy (non-hydrogen) atoms. The molecule has 0 aromatic carbocycles. The molecule has 0 saturated heterocycles. The van der Waals surface area contributed by atoms with Crippen LogP contribution >= 0.6 is 0 Å². The Balaban J connectivity index is 2.21. The number of ether oxygens (including phenoxy) is 1. The summed E-state index contributed by atoms with van der Waals surface area (Å²) < 4.78 is 5.82. The molecule has 0 aromatic rings. The lowest BCUT2D eigenvalue weighted by Crippen LogP contribution is -2.21. The van der Waals surface area contributed by atoms with Gasteiger partial charge in [0.1, 0.15) is 0 Å². The van der Waals surface area contributed by atoms with Crippen molar-refractivity contribution in [2.24, 2.45) is 0 Å². The molecule has 4 nitrogen and oxygen atoms in total. The molecule has 0 aliphatic heterocycles. The van der Waals surface area contributed by atoms with Gasteiger partial charge >= 0.3 is 0 Å². The second kappa shape index (κ2) is 13.1. The van der Waals surface area contributed by atoms with Crippen LogP contribution in [0.1, 0.15) is 51.4 Å². The fraction of sp³-hybridized carbons (Fsp3) is 0.632. The molecule has 130 valence electrons. The van der Waals surface area contributed by atoms with Crippen LogP contribution in [0.25, 0.3) is 0 Å². The highest BCUT2D eigenvalue weighted by Crippen LogP contribution is 2.19. The third kappa shape index (κ3) is 10.1. The number of rotatable bonds is 11. The van der Waals surface area contributed by atoms with Gasteiger partial charge in [0.15, 0.2) is 0 Å². The summed E-state index contributed by atoms with van der Waals surface area (Å²) in [4.78, 5) is 11.8. The number of carbonyl (C=O) groups excluding carboxylic acids is 1. The fourth-order valence-corrected chi connectivity index (χ4v) is 2.62. The quantitative estimate of drug-likeness (QED) is 0.453. The van der Waals surface area contributed by atoms with Crippen LogP contribution in [0.4, 0.5) is 0 Å². The van der Waals surface area contributed by atoms with Crippen molar-refractivity contribution >= 4 is 5.91 Å². The first-order chi connectivity index (χ1) is 11.3. The average molecular weight is 320 g/mol. The predicted octanol–water partition coefficient (Wildman–Crippen LogP) is 3.47. The Bertz CT molecular complexity index is 396. The Labute approximate surface area is 141 Å². The summed E-state index contributed by atoms with van der Waals surface area (Å²) in [6.45, 7) is 5.31. The molecule has 1 fully saturated rings. The van der Waals surface area contributed by atoms with Crippen LogP contribution in [-0.2, 0) is 9.53 Å². The van der Waals surface area contributed by atoms with E-state index in [1.165, 1.54) is 32.1 Å². The van der Waals surface area contributed by atoms with E-state index < -0.39 is 0 Å². The molecule has 4 heteroatoms. The summed E-state index contributed by atoms with van der Waals surface area (Å²) in [5.74, 6) is 0.0408. The highest BCUT2D eigenvalue weighted by atomic mass is 16.5. The molecular formula is C19H32N2O2. The van der Waals surface area contributed by atoms with Crippen molar-refractivity contribution < 1.29 is 9.53 Å². The highest BCUT2D eigenvalue weighted by molar-refractivity contribution is 5.78. The molecule has 0 unspecified atom stereocenters. The van der Waals surface area contributed by atoms with Gasteiger partial charge in [-0.3, -0.25) is 4.79 Å². The van der Waals surface area contributed by atoms with Gasteiger partial charge in [-0.25, -0.2) is 0 Å². The summed E-state index contributed by atoms with van der Waals surface area (Å²) in [7, 11) is 1.92. The number of hydrogen-bond donors (Lipinski definition) is 2. The fourth-order valence-electron chi connectivity index (χ4n) is 2.62. The molecule has 0 heterocycles. The maximum atomic E-state index is 11.8. The molecule has 0 aromatic heterocycles. The molecule has 1 aliphatic carbocycles. The molecule has 0 bridgehead atoms. The zero-order chi connectivity index (χ0) is 16.8. The van der Waals surface area contributed by atoms with Crippen LogP contribution in [0.15, 0.2) is 36.6 Å². The second-order valence-electron chi connectivity index (χ2n) is 5.96. The number of unbranched alkanes of at least 4 members (excludes halogenated alkanes) is 1. The van der Waals surface area contributed by atoms with Crippen molar-refractivity contribution in [3.05, 3.63) is 36.6 Å². The van der Waals surface area contributed by atoms with Gasteiger partial charge in [0.25, 0.3) is 0 Å². The SMILES string of the molecule is C=C/C(=C\C=C/COC1CCCCC1)NC(=O)CCCCNC. The number of hydrogen-bond acceptors (Lipinski definition) is 3. The molecule has 1 aliphatic rings. The van der Waals surface area contributed by atoms with E-state index >= 15 is 0 Å². The van der Waals surface area contributed by atoms with E-state index in [0.717, 1.165) is 25.1 Å². The molecule has 1 saturated carbocycles. The Kier molecular flexibility index (Phi) is 11.2. The lowest BCUT2D eigenvalue weighted by molar-refractivity contribution is -0.120.